The molecule has 0 bridgehead atoms. The SMILES string of the molecule is Cc1ccc(N2CCC(CC(=O)N(c3ccccc3)C3CCCCC3)(C(=O)O)CC2)nc1. The number of carboxylic acid groups (broad SMARTS) is 1. The number of benzene rings is 1. The molecule has 6 heteroatoms. The smallest absolute Gasteiger partial charge is 0.310 e. The van der Waals surface area contributed by atoms with Gasteiger partial charge in [-0.05, 0) is 56.4 Å². The van der Waals surface area contributed by atoms with Gasteiger partial charge in [0, 0.05) is 37.4 Å². The minimum atomic E-state index is -1.03. The molecule has 2 aromatic rings. The molecule has 1 aromatic carbocycles. The highest BCUT2D eigenvalue weighted by Gasteiger charge is 2.45. The standard InChI is InChI=1S/C26H33N3O3/c1-20-12-13-23(27-19-20)28-16-14-26(15-17-28,25(31)32)18-24(30)29(21-8-4-2-5-9-21)22-10-6-3-7-11-22/h2,4-5,8-9,12-13,19,22H,3,6-7,10-11,14-18H2,1H3,(H,31,32). The van der Waals surface area contributed by atoms with Gasteiger partial charge in [0.25, 0.3) is 0 Å². The molecule has 1 aromatic heterocycles. The molecular formula is C26H33N3O3. The molecule has 6 nitrogen and oxygen atoms in total. The van der Waals surface area contributed by atoms with Crippen molar-refractivity contribution < 1.29 is 14.7 Å². The minimum Gasteiger partial charge on any atom is -0.481 e. The van der Waals surface area contributed by atoms with Crippen LogP contribution in [0, 0.1) is 12.3 Å². The second-order valence-electron chi connectivity index (χ2n) is 9.33. The number of hydrogen-bond donors (Lipinski definition) is 1. The summed E-state index contributed by atoms with van der Waals surface area (Å²) >= 11 is 0. The van der Waals surface area contributed by atoms with Crippen LogP contribution in [0.4, 0.5) is 11.5 Å². The summed E-state index contributed by atoms with van der Waals surface area (Å²) in [6, 6.07) is 13.9. The van der Waals surface area contributed by atoms with Crippen molar-refractivity contribution in [3.05, 3.63) is 54.2 Å². The van der Waals surface area contributed by atoms with Crippen LogP contribution in [-0.4, -0.2) is 41.1 Å². The maximum atomic E-state index is 13.6. The first-order chi connectivity index (χ1) is 15.5. The average Bonchev–Trinajstić information content (AvgIpc) is 2.82. The zero-order valence-electron chi connectivity index (χ0n) is 18.9. The van der Waals surface area contributed by atoms with Gasteiger partial charge in [-0.1, -0.05) is 43.5 Å². The number of aromatic nitrogens is 1. The summed E-state index contributed by atoms with van der Waals surface area (Å²) in [5.74, 6) is -0.0551. The van der Waals surface area contributed by atoms with Gasteiger partial charge in [-0.25, -0.2) is 4.98 Å². The number of piperidine rings is 1. The number of para-hydroxylation sites is 1. The highest BCUT2D eigenvalue weighted by Crippen LogP contribution is 2.39. The van der Waals surface area contributed by atoms with E-state index in [0.29, 0.717) is 25.9 Å². The molecule has 1 aliphatic carbocycles. The molecule has 0 unspecified atom stereocenters. The third-order valence-corrected chi connectivity index (χ3v) is 7.13. The average molecular weight is 436 g/mol. The number of carbonyl (C=O) groups excluding carboxylic acids is 1. The number of amides is 1. The van der Waals surface area contributed by atoms with Gasteiger partial charge in [-0.15, -0.1) is 0 Å². The number of aliphatic carboxylic acids is 1. The first-order valence-electron chi connectivity index (χ1n) is 11.8. The zero-order chi connectivity index (χ0) is 22.6. The molecule has 1 saturated heterocycles. The van der Waals surface area contributed by atoms with E-state index in [4.69, 9.17) is 0 Å². The topological polar surface area (TPSA) is 73.7 Å². The summed E-state index contributed by atoms with van der Waals surface area (Å²) in [4.78, 5) is 34.6. The van der Waals surface area contributed by atoms with Crippen molar-refractivity contribution in [2.24, 2.45) is 5.41 Å². The van der Waals surface area contributed by atoms with E-state index >= 15 is 0 Å². The van der Waals surface area contributed by atoms with E-state index in [-0.39, 0.29) is 18.4 Å². The Bertz CT molecular complexity index is 915. The summed E-state index contributed by atoms with van der Waals surface area (Å²) in [5, 5.41) is 10.2. The van der Waals surface area contributed by atoms with Crippen molar-refractivity contribution in [1.29, 1.82) is 0 Å². The van der Waals surface area contributed by atoms with E-state index in [9.17, 15) is 14.7 Å². The van der Waals surface area contributed by atoms with Gasteiger partial charge in [-0.3, -0.25) is 9.59 Å². The maximum absolute atomic E-state index is 13.6. The van der Waals surface area contributed by atoms with Crippen LogP contribution in [0.1, 0.15) is 56.9 Å². The second kappa shape index (κ2) is 9.72. The monoisotopic (exact) mass is 435 g/mol. The fourth-order valence-electron chi connectivity index (χ4n) is 5.14. The number of hydrogen-bond acceptors (Lipinski definition) is 4. The normalized spacial score (nSPS) is 18.8. The van der Waals surface area contributed by atoms with Gasteiger partial charge in [0.15, 0.2) is 0 Å². The largest absolute Gasteiger partial charge is 0.481 e. The van der Waals surface area contributed by atoms with Crippen LogP contribution in [0.3, 0.4) is 0 Å². The first-order valence-corrected chi connectivity index (χ1v) is 11.8. The van der Waals surface area contributed by atoms with Crippen molar-refractivity contribution >= 4 is 23.4 Å². The number of pyridine rings is 1. The van der Waals surface area contributed by atoms with E-state index in [1.165, 1.54) is 6.42 Å². The molecule has 32 heavy (non-hydrogen) atoms. The Hall–Kier alpha value is -2.89. The molecule has 170 valence electrons. The Morgan fingerprint density at radius 3 is 2.34 bits per heavy atom. The van der Waals surface area contributed by atoms with E-state index in [1.54, 1.807) is 0 Å². The molecule has 0 radical (unpaired) electrons. The molecular weight excluding hydrogens is 402 g/mol. The molecule has 0 atom stereocenters. The highest BCUT2D eigenvalue weighted by molar-refractivity contribution is 5.97. The number of anilines is 2. The second-order valence-corrected chi connectivity index (χ2v) is 9.33. The van der Waals surface area contributed by atoms with Gasteiger partial charge in [0.2, 0.25) is 5.91 Å². The Morgan fingerprint density at radius 1 is 1.06 bits per heavy atom. The van der Waals surface area contributed by atoms with Gasteiger partial charge in [-0.2, -0.15) is 0 Å². The molecule has 1 amide bonds. The lowest BCUT2D eigenvalue weighted by Crippen LogP contribution is -2.49. The number of nitrogens with zero attached hydrogens (tertiary/aromatic N) is 3. The van der Waals surface area contributed by atoms with Gasteiger partial charge < -0.3 is 14.9 Å². The van der Waals surface area contributed by atoms with Crippen molar-refractivity contribution in [2.45, 2.75) is 64.3 Å². The number of carboxylic acids is 1. The van der Waals surface area contributed by atoms with Crippen LogP contribution in [0.2, 0.25) is 0 Å². The summed E-state index contributed by atoms with van der Waals surface area (Å²) in [7, 11) is 0. The van der Waals surface area contributed by atoms with E-state index in [1.807, 2.05) is 60.5 Å². The van der Waals surface area contributed by atoms with Crippen molar-refractivity contribution in [3.63, 3.8) is 0 Å². The van der Waals surface area contributed by atoms with Crippen molar-refractivity contribution in [3.8, 4) is 0 Å². The molecule has 2 aliphatic rings. The Balaban J connectivity index is 1.51. The predicted octanol–water partition coefficient (Wildman–Crippen LogP) is 4.82. The third kappa shape index (κ3) is 4.79. The van der Waals surface area contributed by atoms with Gasteiger partial charge in [0.1, 0.15) is 5.82 Å². The molecule has 2 heterocycles. The van der Waals surface area contributed by atoms with Crippen molar-refractivity contribution in [2.75, 3.05) is 22.9 Å². The van der Waals surface area contributed by atoms with Gasteiger partial charge >= 0.3 is 5.97 Å². The van der Waals surface area contributed by atoms with Crippen LogP contribution in [0.25, 0.3) is 0 Å². The summed E-state index contributed by atoms with van der Waals surface area (Å²) < 4.78 is 0. The lowest BCUT2D eigenvalue weighted by atomic mass is 9.75. The summed E-state index contributed by atoms with van der Waals surface area (Å²) in [6.07, 6.45) is 8.15. The summed E-state index contributed by atoms with van der Waals surface area (Å²) in [5.41, 5.74) is 0.950. The molecule has 2 fully saturated rings. The van der Waals surface area contributed by atoms with Crippen LogP contribution in [-0.2, 0) is 9.59 Å². The molecule has 1 saturated carbocycles. The Labute approximate surface area is 190 Å². The first kappa shape index (κ1) is 22.3. The van der Waals surface area contributed by atoms with Crippen LogP contribution in [0.15, 0.2) is 48.7 Å². The van der Waals surface area contributed by atoms with E-state index < -0.39 is 11.4 Å². The molecule has 4 rings (SSSR count). The van der Waals surface area contributed by atoms with Crippen LogP contribution >= 0.6 is 0 Å². The van der Waals surface area contributed by atoms with Gasteiger partial charge in [0.05, 0.1) is 5.41 Å². The zero-order valence-corrected chi connectivity index (χ0v) is 18.9. The van der Waals surface area contributed by atoms with Crippen LogP contribution < -0.4 is 9.80 Å². The van der Waals surface area contributed by atoms with Crippen LogP contribution in [0.5, 0.6) is 0 Å². The third-order valence-electron chi connectivity index (χ3n) is 7.13. The fourth-order valence-corrected chi connectivity index (χ4v) is 5.14. The molecule has 1 N–H and O–H groups in total. The summed E-state index contributed by atoms with van der Waals surface area (Å²) in [6.45, 7) is 3.17. The predicted molar refractivity (Wildman–Crippen MR) is 126 cm³/mol. The van der Waals surface area contributed by atoms with Crippen molar-refractivity contribution in [1.82, 2.24) is 4.98 Å². The fraction of sp³-hybridized carbons (Fsp3) is 0.500. The molecule has 1 aliphatic heterocycles. The quantitative estimate of drug-likeness (QED) is 0.704. The van der Waals surface area contributed by atoms with E-state index in [0.717, 1.165) is 42.8 Å². The lowest BCUT2D eigenvalue weighted by molar-refractivity contribution is -0.153. The van der Waals surface area contributed by atoms with E-state index in [2.05, 4.69) is 9.88 Å². The lowest BCUT2D eigenvalue weighted by Gasteiger charge is -2.41. The number of aryl methyl sites for hydroxylation is 1. The number of carbonyl (C=O) groups is 2. The number of rotatable bonds is 6. The molecule has 0 spiro atoms. The Kier molecular flexibility index (Phi) is 6.77. The minimum absolute atomic E-state index is 0.0445. The Morgan fingerprint density at radius 2 is 1.75 bits per heavy atom. The highest BCUT2D eigenvalue weighted by atomic mass is 16.4. The maximum Gasteiger partial charge on any atom is 0.310 e.